The number of thiophene rings is 1. The SMILES string of the molecule is CN=C(NCC(C)c1ccc(F)c(F)c1)N(C)CCc1cccs1.I. The summed E-state index contributed by atoms with van der Waals surface area (Å²) in [5.74, 6) is -0.789. The van der Waals surface area contributed by atoms with Crippen molar-refractivity contribution < 1.29 is 8.78 Å². The number of likely N-dealkylation sites (N-methyl/N-ethyl adjacent to an activating group) is 1. The van der Waals surface area contributed by atoms with Crippen molar-refractivity contribution in [2.75, 3.05) is 27.2 Å². The number of hydrogen-bond acceptors (Lipinski definition) is 2. The molecule has 0 aliphatic rings. The van der Waals surface area contributed by atoms with Gasteiger partial charge < -0.3 is 10.2 Å². The highest BCUT2D eigenvalue weighted by Crippen LogP contribution is 2.17. The lowest BCUT2D eigenvalue weighted by molar-refractivity contribution is 0.482. The van der Waals surface area contributed by atoms with E-state index in [0.717, 1.165) is 24.5 Å². The van der Waals surface area contributed by atoms with Gasteiger partial charge in [-0.3, -0.25) is 4.99 Å². The van der Waals surface area contributed by atoms with Gasteiger partial charge in [-0.1, -0.05) is 19.1 Å². The number of guanidine groups is 1. The third-order valence-electron chi connectivity index (χ3n) is 3.93. The largest absolute Gasteiger partial charge is 0.356 e. The maximum absolute atomic E-state index is 13.3. The van der Waals surface area contributed by atoms with Crippen LogP contribution in [0.15, 0.2) is 40.7 Å². The molecule has 1 N–H and O–H groups in total. The predicted octanol–water partition coefficient (Wildman–Crippen LogP) is 4.50. The number of nitrogens with one attached hydrogen (secondary N) is 1. The maximum atomic E-state index is 13.3. The van der Waals surface area contributed by atoms with Crippen LogP contribution in [0.3, 0.4) is 0 Å². The average Bonchev–Trinajstić information content (AvgIpc) is 3.09. The smallest absolute Gasteiger partial charge is 0.193 e. The van der Waals surface area contributed by atoms with Gasteiger partial charge in [0.25, 0.3) is 0 Å². The van der Waals surface area contributed by atoms with Crippen LogP contribution < -0.4 is 5.32 Å². The molecule has 0 aliphatic heterocycles. The molecule has 25 heavy (non-hydrogen) atoms. The van der Waals surface area contributed by atoms with Gasteiger partial charge in [0.05, 0.1) is 0 Å². The van der Waals surface area contributed by atoms with Crippen molar-refractivity contribution >= 4 is 41.3 Å². The van der Waals surface area contributed by atoms with E-state index < -0.39 is 11.6 Å². The molecule has 1 aromatic carbocycles. The molecule has 0 aliphatic carbocycles. The van der Waals surface area contributed by atoms with Crippen molar-refractivity contribution in [2.24, 2.45) is 4.99 Å². The quantitative estimate of drug-likeness (QED) is 0.376. The highest BCUT2D eigenvalue weighted by molar-refractivity contribution is 14.0. The van der Waals surface area contributed by atoms with E-state index in [4.69, 9.17) is 0 Å². The Morgan fingerprint density at radius 1 is 1.28 bits per heavy atom. The first-order valence-corrected chi connectivity index (χ1v) is 8.78. The van der Waals surface area contributed by atoms with Gasteiger partial charge >= 0.3 is 0 Å². The molecule has 0 spiro atoms. The second-order valence-corrected chi connectivity index (χ2v) is 6.79. The minimum Gasteiger partial charge on any atom is -0.356 e. The molecule has 7 heteroatoms. The summed E-state index contributed by atoms with van der Waals surface area (Å²) in [5.41, 5.74) is 0.762. The molecule has 0 amide bonds. The molecule has 2 aromatic rings. The van der Waals surface area contributed by atoms with Crippen molar-refractivity contribution in [1.82, 2.24) is 10.2 Å². The van der Waals surface area contributed by atoms with E-state index in [1.54, 1.807) is 24.5 Å². The summed E-state index contributed by atoms with van der Waals surface area (Å²) < 4.78 is 26.4. The summed E-state index contributed by atoms with van der Waals surface area (Å²) in [5, 5.41) is 5.37. The first-order chi connectivity index (χ1) is 11.5. The van der Waals surface area contributed by atoms with Crippen molar-refractivity contribution in [3.63, 3.8) is 0 Å². The molecule has 0 bridgehead atoms. The molecular weight excluding hydrogens is 455 g/mol. The first kappa shape index (κ1) is 21.8. The van der Waals surface area contributed by atoms with Crippen LogP contribution in [0.4, 0.5) is 8.78 Å². The normalized spacial score (nSPS) is 12.4. The van der Waals surface area contributed by atoms with E-state index in [9.17, 15) is 8.78 Å². The number of hydrogen-bond donors (Lipinski definition) is 1. The standard InChI is InChI=1S/C18H23F2N3S.HI/c1-13(14-6-7-16(19)17(20)11-14)12-22-18(21-2)23(3)9-8-15-5-4-10-24-15;/h4-7,10-11,13H,8-9,12H2,1-3H3,(H,21,22);1H. The number of aliphatic imine (C=N–C) groups is 1. The van der Waals surface area contributed by atoms with Crippen LogP contribution in [-0.2, 0) is 6.42 Å². The van der Waals surface area contributed by atoms with Crippen LogP contribution >= 0.6 is 35.3 Å². The molecule has 1 aromatic heterocycles. The summed E-state index contributed by atoms with van der Waals surface area (Å²) in [7, 11) is 3.73. The van der Waals surface area contributed by atoms with Gasteiger partial charge in [0.15, 0.2) is 17.6 Å². The Morgan fingerprint density at radius 2 is 2.04 bits per heavy atom. The lowest BCUT2D eigenvalue weighted by Gasteiger charge is -2.23. The number of rotatable bonds is 6. The minimum atomic E-state index is -0.817. The Labute approximate surface area is 169 Å². The van der Waals surface area contributed by atoms with E-state index in [0.29, 0.717) is 6.54 Å². The number of benzene rings is 1. The van der Waals surface area contributed by atoms with Crippen LogP contribution in [-0.4, -0.2) is 38.0 Å². The summed E-state index contributed by atoms with van der Waals surface area (Å²) in [4.78, 5) is 7.69. The van der Waals surface area contributed by atoms with Gasteiger partial charge in [-0.25, -0.2) is 8.78 Å². The molecule has 0 radical (unpaired) electrons. The Hall–Kier alpha value is -1.22. The molecular formula is C18H24F2IN3S. The molecule has 1 unspecified atom stereocenters. The molecule has 0 saturated carbocycles. The van der Waals surface area contributed by atoms with Crippen LogP contribution in [0.2, 0.25) is 0 Å². The summed E-state index contributed by atoms with van der Waals surface area (Å²) in [6.45, 7) is 3.43. The van der Waals surface area contributed by atoms with Gasteiger partial charge in [0.2, 0.25) is 0 Å². The molecule has 1 heterocycles. The van der Waals surface area contributed by atoms with Gasteiger partial charge in [-0.15, -0.1) is 35.3 Å². The minimum absolute atomic E-state index is 0. The summed E-state index contributed by atoms with van der Waals surface area (Å²) in [6, 6.07) is 8.22. The zero-order chi connectivity index (χ0) is 17.5. The van der Waals surface area contributed by atoms with E-state index in [1.165, 1.54) is 17.0 Å². The van der Waals surface area contributed by atoms with Crippen molar-refractivity contribution in [3.05, 3.63) is 57.8 Å². The molecule has 138 valence electrons. The highest BCUT2D eigenvalue weighted by atomic mass is 127. The third-order valence-corrected chi connectivity index (χ3v) is 4.86. The fraction of sp³-hybridized carbons (Fsp3) is 0.389. The molecule has 1 atom stereocenters. The van der Waals surface area contributed by atoms with E-state index in [-0.39, 0.29) is 29.9 Å². The summed E-state index contributed by atoms with van der Waals surface area (Å²) >= 11 is 1.75. The van der Waals surface area contributed by atoms with Crippen molar-refractivity contribution in [1.29, 1.82) is 0 Å². The van der Waals surface area contributed by atoms with Gasteiger partial charge in [0.1, 0.15) is 0 Å². The molecule has 3 nitrogen and oxygen atoms in total. The Kier molecular flexibility index (Phi) is 9.34. The van der Waals surface area contributed by atoms with Crippen LogP contribution in [0.1, 0.15) is 23.3 Å². The van der Waals surface area contributed by atoms with Crippen LogP contribution in [0.5, 0.6) is 0 Å². The third kappa shape index (κ3) is 6.54. The second-order valence-electron chi connectivity index (χ2n) is 5.75. The number of nitrogens with zero attached hydrogens (tertiary/aromatic N) is 2. The number of halogens is 3. The van der Waals surface area contributed by atoms with Gasteiger partial charge in [-0.05, 0) is 41.5 Å². The van der Waals surface area contributed by atoms with Crippen molar-refractivity contribution in [2.45, 2.75) is 19.3 Å². The maximum Gasteiger partial charge on any atom is 0.193 e. The molecule has 2 rings (SSSR count). The fourth-order valence-corrected chi connectivity index (χ4v) is 3.10. The molecule has 0 saturated heterocycles. The lowest BCUT2D eigenvalue weighted by atomic mass is 10.0. The summed E-state index contributed by atoms with van der Waals surface area (Å²) in [6.07, 6.45) is 0.966. The predicted molar refractivity (Wildman–Crippen MR) is 112 cm³/mol. The molecule has 0 fully saturated rings. The topological polar surface area (TPSA) is 27.6 Å². The monoisotopic (exact) mass is 479 g/mol. The highest BCUT2D eigenvalue weighted by Gasteiger charge is 2.12. The van der Waals surface area contributed by atoms with E-state index >= 15 is 0 Å². The van der Waals surface area contributed by atoms with Crippen molar-refractivity contribution in [3.8, 4) is 0 Å². The average molecular weight is 479 g/mol. The van der Waals surface area contributed by atoms with Crippen LogP contribution in [0.25, 0.3) is 0 Å². The Morgan fingerprint density at radius 3 is 2.64 bits per heavy atom. The van der Waals surface area contributed by atoms with Gasteiger partial charge in [-0.2, -0.15) is 0 Å². The Balaban J connectivity index is 0.00000312. The zero-order valence-corrected chi connectivity index (χ0v) is 17.8. The van der Waals surface area contributed by atoms with E-state index in [2.05, 4.69) is 32.7 Å². The Bertz CT molecular complexity index is 677. The second kappa shape index (κ2) is 10.7. The van der Waals surface area contributed by atoms with Gasteiger partial charge in [0, 0.05) is 32.1 Å². The lowest BCUT2D eigenvalue weighted by Crippen LogP contribution is -2.41. The zero-order valence-electron chi connectivity index (χ0n) is 14.6. The van der Waals surface area contributed by atoms with Crippen LogP contribution in [0, 0.1) is 11.6 Å². The first-order valence-electron chi connectivity index (χ1n) is 7.90. The fourth-order valence-electron chi connectivity index (χ4n) is 2.40. The van der Waals surface area contributed by atoms with E-state index in [1.807, 2.05) is 14.0 Å².